The minimum atomic E-state index is -0.298. The van der Waals surface area contributed by atoms with Crippen LogP contribution in [0.4, 0.5) is 5.13 Å². The first-order chi connectivity index (χ1) is 14.4. The zero-order valence-electron chi connectivity index (χ0n) is 16.7. The summed E-state index contributed by atoms with van der Waals surface area (Å²) in [6.45, 7) is 4.21. The minimum absolute atomic E-state index is 0.0944. The van der Waals surface area contributed by atoms with E-state index in [0.717, 1.165) is 11.1 Å². The largest absolute Gasteiger partial charge is 0.456 e. The van der Waals surface area contributed by atoms with Crippen LogP contribution in [0.1, 0.15) is 26.5 Å². The van der Waals surface area contributed by atoms with E-state index < -0.39 is 0 Å². The number of amides is 1. The van der Waals surface area contributed by atoms with Crippen molar-refractivity contribution >= 4 is 33.3 Å². The van der Waals surface area contributed by atoms with Gasteiger partial charge in [-0.25, -0.2) is 0 Å². The lowest BCUT2D eigenvalue weighted by molar-refractivity contribution is 0.102. The van der Waals surface area contributed by atoms with Gasteiger partial charge in [0.05, 0.1) is 5.39 Å². The summed E-state index contributed by atoms with van der Waals surface area (Å²) in [5.74, 6) is 0.160. The molecule has 7 nitrogen and oxygen atoms in total. The molecule has 0 saturated carbocycles. The third kappa shape index (κ3) is 4.00. The second kappa shape index (κ2) is 8.17. The molecule has 4 rings (SSSR count). The van der Waals surface area contributed by atoms with Crippen molar-refractivity contribution in [2.45, 2.75) is 20.5 Å². The molecule has 0 aliphatic rings. The van der Waals surface area contributed by atoms with Crippen molar-refractivity contribution in [2.75, 3.05) is 12.4 Å². The standard InChI is InChI=1S/C22H19N3O4S/c1-12-8-13(2)20-16(9-12)17(26)10-18(29-20)14-4-6-15(7-5-14)21(27)23-22-25-24-19(30-22)11-28-3/h4-10H,11H2,1-3H3,(H,23,25,27). The van der Waals surface area contributed by atoms with Crippen LogP contribution < -0.4 is 10.7 Å². The monoisotopic (exact) mass is 421 g/mol. The molecule has 0 aliphatic carbocycles. The first kappa shape index (κ1) is 19.9. The number of hydrogen-bond acceptors (Lipinski definition) is 7. The van der Waals surface area contributed by atoms with E-state index >= 15 is 0 Å². The predicted molar refractivity (Wildman–Crippen MR) is 116 cm³/mol. The minimum Gasteiger partial charge on any atom is -0.456 e. The number of nitrogens with one attached hydrogen (secondary N) is 1. The van der Waals surface area contributed by atoms with Gasteiger partial charge in [-0.3, -0.25) is 14.9 Å². The zero-order valence-corrected chi connectivity index (χ0v) is 17.5. The van der Waals surface area contributed by atoms with Crippen molar-refractivity contribution in [3.63, 3.8) is 0 Å². The Morgan fingerprint density at radius 1 is 1.13 bits per heavy atom. The number of hydrogen-bond donors (Lipinski definition) is 1. The molecule has 0 aliphatic heterocycles. The van der Waals surface area contributed by atoms with Gasteiger partial charge >= 0.3 is 0 Å². The maximum Gasteiger partial charge on any atom is 0.257 e. The molecule has 0 spiro atoms. The van der Waals surface area contributed by atoms with Gasteiger partial charge in [-0.2, -0.15) is 0 Å². The summed E-state index contributed by atoms with van der Waals surface area (Å²) in [5, 5.41) is 12.2. The van der Waals surface area contributed by atoms with Crippen LogP contribution in [0.25, 0.3) is 22.3 Å². The summed E-state index contributed by atoms with van der Waals surface area (Å²) in [6, 6.07) is 12.1. The van der Waals surface area contributed by atoms with Gasteiger partial charge in [0.1, 0.15) is 23.0 Å². The average molecular weight is 421 g/mol. The van der Waals surface area contributed by atoms with E-state index in [1.165, 1.54) is 17.4 Å². The Balaban J connectivity index is 1.58. The van der Waals surface area contributed by atoms with E-state index in [-0.39, 0.29) is 11.3 Å². The van der Waals surface area contributed by atoms with E-state index in [9.17, 15) is 9.59 Å². The van der Waals surface area contributed by atoms with Crippen molar-refractivity contribution in [2.24, 2.45) is 0 Å². The molecular formula is C22H19N3O4S. The second-order valence-electron chi connectivity index (χ2n) is 6.90. The van der Waals surface area contributed by atoms with Crippen molar-refractivity contribution in [3.05, 3.63) is 74.4 Å². The topological polar surface area (TPSA) is 94.3 Å². The molecule has 1 N–H and O–H groups in total. The quantitative estimate of drug-likeness (QED) is 0.516. The Hall–Kier alpha value is -3.36. The number of aromatic nitrogens is 2. The van der Waals surface area contributed by atoms with E-state index in [1.54, 1.807) is 31.4 Å². The number of rotatable bonds is 5. The molecule has 0 unspecified atom stereocenters. The zero-order chi connectivity index (χ0) is 21.3. The fourth-order valence-electron chi connectivity index (χ4n) is 3.19. The van der Waals surface area contributed by atoms with Gasteiger partial charge in [0.2, 0.25) is 5.13 Å². The SMILES string of the molecule is COCc1nnc(NC(=O)c2ccc(-c3cc(=O)c4cc(C)cc(C)c4o3)cc2)s1. The number of carbonyl (C=O) groups is 1. The Labute approximate surface area is 176 Å². The van der Waals surface area contributed by atoms with E-state index in [2.05, 4.69) is 15.5 Å². The molecule has 0 radical (unpaired) electrons. The summed E-state index contributed by atoms with van der Waals surface area (Å²) in [5.41, 5.74) is 3.57. The molecule has 8 heteroatoms. The molecule has 0 atom stereocenters. The molecule has 152 valence electrons. The van der Waals surface area contributed by atoms with Crippen molar-refractivity contribution < 1.29 is 13.9 Å². The van der Waals surface area contributed by atoms with Gasteiger partial charge < -0.3 is 9.15 Å². The number of ether oxygens (including phenoxy) is 1. The average Bonchev–Trinajstić information content (AvgIpc) is 3.16. The molecule has 0 bridgehead atoms. The van der Waals surface area contributed by atoms with Crippen LogP contribution in [0.15, 0.2) is 51.7 Å². The highest BCUT2D eigenvalue weighted by Gasteiger charge is 2.13. The lowest BCUT2D eigenvalue weighted by Gasteiger charge is -2.07. The lowest BCUT2D eigenvalue weighted by Crippen LogP contribution is -2.11. The van der Waals surface area contributed by atoms with E-state index in [1.807, 2.05) is 26.0 Å². The van der Waals surface area contributed by atoms with Gasteiger partial charge in [0.15, 0.2) is 5.43 Å². The highest BCUT2D eigenvalue weighted by molar-refractivity contribution is 7.15. The number of methoxy groups -OCH3 is 1. The van der Waals surface area contributed by atoms with Gasteiger partial charge in [0, 0.05) is 24.3 Å². The van der Waals surface area contributed by atoms with Gasteiger partial charge in [0.25, 0.3) is 5.91 Å². The van der Waals surface area contributed by atoms with Crippen molar-refractivity contribution in [1.82, 2.24) is 10.2 Å². The second-order valence-corrected chi connectivity index (χ2v) is 7.96. The molecule has 2 heterocycles. The summed E-state index contributed by atoms with van der Waals surface area (Å²) in [6.07, 6.45) is 0. The van der Waals surface area contributed by atoms with E-state index in [0.29, 0.717) is 44.6 Å². The third-order valence-corrected chi connectivity index (χ3v) is 5.36. The van der Waals surface area contributed by atoms with Crippen LogP contribution in [0.2, 0.25) is 0 Å². The predicted octanol–water partition coefficient (Wildman–Crippen LogP) is 4.33. The van der Waals surface area contributed by atoms with Crippen LogP contribution >= 0.6 is 11.3 Å². The number of fused-ring (bicyclic) bond motifs is 1. The van der Waals surface area contributed by atoms with Gasteiger partial charge in [-0.1, -0.05) is 29.5 Å². The summed E-state index contributed by atoms with van der Waals surface area (Å²) < 4.78 is 11.0. The van der Waals surface area contributed by atoms with Gasteiger partial charge in [-0.05, 0) is 43.2 Å². The molecule has 30 heavy (non-hydrogen) atoms. The maximum absolute atomic E-state index is 12.6. The van der Waals surface area contributed by atoms with Crippen LogP contribution in [0.5, 0.6) is 0 Å². The first-order valence-electron chi connectivity index (χ1n) is 9.23. The molecule has 0 saturated heterocycles. The fourth-order valence-corrected chi connectivity index (χ4v) is 3.90. The van der Waals surface area contributed by atoms with Crippen LogP contribution in [-0.2, 0) is 11.3 Å². The van der Waals surface area contributed by atoms with Gasteiger partial charge in [-0.15, -0.1) is 10.2 Å². The Bertz CT molecular complexity index is 1290. The normalized spacial score (nSPS) is 11.0. The molecular weight excluding hydrogens is 402 g/mol. The van der Waals surface area contributed by atoms with Crippen LogP contribution in [0, 0.1) is 13.8 Å². The summed E-state index contributed by atoms with van der Waals surface area (Å²) >= 11 is 1.26. The van der Waals surface area contributed by atoms with Crippen LogP contribution in [-0.4, -0.2) is 23.2 Å². The fraction of sp³-hybridized carbons (Fsp3) is 0.182. The summed E-state index contributed by atoms with van der Waals surface area (Å²) in [4.78, 5) is 25.0. The number of anilines is 1. The Morgan fingerprint density at radius 3 is 2.63 bits per heavy atom. The number of benzene rings is 2. The van der Waals surface area contributed by atoms with Crippen LogP contribution in [0.3, 0.4) is 0 Å². The highest BCUT2D eigenvalue weighted by Crippen LogP contribution is 2.25. The molecule has 1 amide bonds. The first-order valence-corrected chi connectivity index (χ1v) is 10.0. The molecule has 2 aromatic carbocycles. The maximum atomic E-state index is 12.6. The lowest BCUT2D eigenvalue weighted by atomic mass is 10.1. The molecule has 0 fully saturated rings. The smallest absolute Gasteiger partial charge is 0.257 e. The highest BCUT2D eigenvalue weighted by atomic mass is 32.1. The van der Waals surface area contributed by atoms with Crippen molar-refractivity contribution in [3.8, 4) is 11.3 Å². The Morgan fingerprint density at radius 2 is 1.90 bits per heavy atom. The van der Waals surface area contributed by atoms with E-state index in [4.69, 9.17) is 9.15 Å². The third-order valence-electron chi connectivity index (χ3n) is 4.55. The van der Waals surface area contributed by atoms with Crippen molar-refractivity contribution in [1.29, 1.82) is 0 Å². The molecule has 4 aromatic rings. The number of nitrogens with zero attached hydrogens (tertiary/aromatic N) is 2. The summed E-state index contributed by atoms with van der Waals surface area (Å²) in [7, 11) is 1.57. The molecule has 2 aromatic heterocycles. The number of carbonyl (C=O) groups excluding carboxylic acids is 1. The number of aryl methyl sites for hydroxylation is 2. The Kier molecular flexibility index (Phi) is 5.43.